The molecule has 0 radical (unpaired) electrons. The minimum Gasteiger partial charge on any atom is -0.493 e. The maximum Gasteiger partial charge on any atom is 0.327 e. The number of hydrogen-bond acceptors (Lipinski definition) is 4. The van der Waals surface area contributed by atoms with Gasteiger partial charge in [-0.25, -0.2) is 4.79 Å². The van der Waals surface area contributed by atoms with Crippen LogP contribution in [0.2, 0.25) is 0 Å². The van der Waals surface area contributed by atoms with E-state index in [4.69, 9.17) is 9.84 Å². The molecule has 0 bridgehead atoms. The molecular weight excluding hydrogens is 346 g/mol. The van der Waals surface area contributed by atoms with Crippen LogP contribution in [0.25, 0.3) is 0 Å². The highest BCUT2D eigenvalue weighted by atomic mass is 79.9. The Morgan fingerprint density at radius 2 is 2.30 bits per heavy atom. The molecule has 1 fully saturated rings. The van der Waals surface area contributed by atoms with E-state index in [1.165, 1.54) is 16.7 Å². The minimum absolute atomic E-state index is 0.177. The summed E-state index contributed by atoms with van der Waals surface area (Å²) in [7, 11) is 0. The number of hydrogen-bond donors (Lipinski definition) is 1. The van der Waals surface area contributed by atoms with Crippen LogP contribution in [0.3, 0.4) is 0 Å². The summed E-state index contributed by atoms with van der Waals surface area (Å²) in [5.41, 5.74) is 0. The van der Waals surface area contributed by atoms with Crippen molar-refractivity contribution in [2.75, 3.05) is 18.2 Å². The molecule has 0 saturated carbocycles. The van der Waals surface area contributed by atoms with E-state index in [-0.39, 0.29) is 18.9 Å². The Bertz CT molecular complexity index is 511. The number of amides is 1. The smallest absolute Gasteiger partial charge is 0.327 e. The van der Waals surface area contributed by atoms with Gasteiger partial charge in [0.15, 0.2) is 0 Å². The first-order valence-corrected chi connectivity index (χ1v) is 8.01. The number of benzene rings is 1. The Morgan fingerprint density at radius 1 is 1.50 bits per heavy atom. The average molecular weight is 360 g/mol. The summed E-state index contributed by atoms with van der Waals surface area (Å²) in [5.74, 6) is 0.437. The topological polar surface area (TPSA) is 66.8 Å². The molecule has 0 aromatic heterocycles. The minimum atomic E-state index is -0.948. The van der Waals surface area contributed by atoms with Gasteiger partial charge in [-0.15, -0.1) is 11.8 Å². The second-order valence-corrected chi connectivity index (χ2v) is 6.19. The van der Waals surface area contributed by atoms with E-state index in [9.17, 15) is 9.59 Å². The fourth-order valence-electron chi connectivity index (χ4n) is 1.85. The predicted octanol–water partition coefficient (Wildman–Crippen LogP) is 2.20. The molecule has 1 amide bonds. The molecule has 1 aromatic carbocycles. The SMILES string of the molecule is O=C(O)C1CSCN1C(=O)CCOc1cccc(Br)c1. The molecule has 1 aliphatic heterocycles. The third kappa shape index (κ3) is 3.89. The monoisotopic (exact) mass is 359 g/mol. The van der Waals surface area contributed by atoms with Gasteiger partial charge < -0.3 is 14.7 Å². The van der Waals surface area contributed by atoms with Crippen molar-refractivity contribution in [2.24, 2.45) is 0 Å². The number of rotatable bonds is 5. The van der Waals surface area contributed by atoms with E-state index in [2.05, 4.69) is 15.9 Å². The van der Waals surface area contributed by atoms with Crippen LogP contribution >= 0.6 is 27.7 Å². The third-order valence-electron chi connectivity index (χ3n) is 2.87. The van der Waals surface area contributed by atoms with Gasteiger partial charge >= 0.3 is 5.97 Å². The van der Waals surface area contributed by atoms with Crippen molar-refractivity contribution in [2.45, 2.75) is 12.5 Å². The van der Waals surface area contributed by atoms with Crippen molar-refractivity contribution in [3.63, 3.8) is 0 Å². The summed E-state index contributed by atoms with van der Waals surface area (Å²) in [5, 5.41) is 9.02. The van der Waals surface area contributed by atoms with Gasteiger partial charge in [-0.3, -0.25) is 4.79 Å². The first kappa shape index (κ1) is 15.2. The predicted molar refractivity (Wildman–Crippen MR) is 79.8 cm³/mol. The number of carboxylic acid groups (broad SMARTS) is 1. The largest absolute Gasteiger partial charge is 0.493 e. The van der Waals surface area contributed by atoms with Crippen molar-refractivity contribution in [1.29, 1.82) is 0 Å². The summed E-state index contributed by atoms with van der Waals surface area (Å²) >= 11 is 4.79. The molecule has 1 saturated heterocycles. The van der Waals surface area contributed by atoms with Gasteiger partial charge in [0.2, 0.25) is 5.91 Å². The maximum atomic E-state index is 12.0. The number of aliphatic carboxylic acids is 1. The highest BCUT2D eigenvalue weighted by Crippen LogP contribution is 2.22. The summed E-state index contributed by atoms with van der Waals surface area (Å²) in [6, 6.07) is 6.64. The Morgan fingerprint density at radius 3 is 3.00 bits per heavy atom. The van der Waals surface area contributed by atoms with Crippen LogP contribution in [-0.2, 0) is 9.59 Å². The molecule has 0 spiro atoms. The number of halogens is 1. The lowest BCUT2D eigenvalue weighted by atomic mass is 10.2. The maximum absolute atomic E-state index is 12.0. The molecule has 1 atom stereocenters. The van der Waals surface area contributed by atoms with Crippen LogP contribution in [0.15, 0.2) is 28.7 Å². The lowest BCUT2D eigenvalue weighted by molar-refractivity contribution is -0.147. The van der Waals surface area contributed by atoms with E-state index >= 15 is 0 Å². The molecule has 0 aliphatic carbocycles. The molecule has 2 rings (SSSR count). The standard InChI is InChI=1S/C13H14BrNO4S/c14-9-2-1-3-10(6-9)19-5-4-12(16)15-8-20-7-11(15)13(17)18/h1-3,6,11H,4-5,7-8H2,(H,17,18). The molecule has 20 heavy (non-hydrogen) atoms. The lowest BCUT2D eigenvalue weighted by Crippen LogP contribution is -2.42. The number of carbonyl (C=O) groups is 2. The van der Waals surface area contributed by atoms with Gasteiger partial charge in [-0.2, -0.15) is 0 Å². The normalized spacial score (nSPS) is 18.1. The van der Waals surface area contributed by atoms with Gasteiger partial charge in [0.05, 0.1) is 18.9 Å². The van der Waals surface area contributed by atoms with Crippen LogP contribution in [-0.4, -0.2) is 46.2 Å². The van der Waals surface area contributed by atoms with Crippen LogP contribution < -0.4 is 4.74 Å². The van der Waals surface area contributed by atoms with Gasteiger partial charge in [-0.1, -0.05) is 22.0 Å². The first-order valence-electron chi connectivity index (χ1n) is 6.06. The van der Waals surface area contributed by atoms with E-state index < -0.39 is 12.0 Å². The number of thioether (sulfide) groups is 1. The van der Waals surface area contributed by atoms with Gasteiger partial charge in [0.25, 0.3) is 0 Å². The van der Waals surface area contributed by atoms with Crippen molar-refractivity contribution in [3.8, 4) is 5.75 Å². The number of ether oxygens (including phenoxy) is 1. The molecule has 1 aromatic rings. The van der Waals surface area contributed by atoms with E-state index in [0.29, 0.717) is 17.4 Å². The fraction of sp³-hybridized carbons (Fsp3) is 0.385. The van der Waals surface area contributed by atoms with Gasteiger partial charge in [-0.05, 0) is 18.2 Å². The highest BCUT2D eigenvalue weighted by molar-refractivity contribution is 9.10. The second-order valence-electron chi connectivity index (χ2n) is 4.27. The summed E-state index contributed by atoms with van der Waals surface area (Å²) in [4.78, 5) is 24.4. The number of carbonyl (C=O) groups excluding carboxylic acids is 1. The second kappa shape index (κ2) is 6.99. The van der Waals surface area contributed by atoms with Crippen LogP contribution in [0.4, 0.5) is 0 Å². The number of carboxylic acids is 1. The zero-order valence-electron chi connectivity index (χ0n) is 10.6. The first-order chi connectivity index (χ1) is 9.58. The van der Waals surface area contributed by atoms with Gasteiger partial charge in [0.1, 0.15) is 11.8 Å². The van der Waals surface area contributed by atoms with Crippen LogP contribution in [0.1, 0.15) is 6.42 Å². The Labute approximate surface area is 129 Å². The fourth-order valence-corrected chi connectivity index (χ4v) is 3.40. The summed E-state index contributed by atoms with van der Waals surface area (Å²) in [6.45, 7) is 0.239. The highest BCUT2D eigenvalue weighted by Gasteiger charge is 2.34. The molecule has 1 heterocycles. The molecule has 1 N–H and O–H groups in total. The molecule has 1 aliphatic rings. The van der Waals surface area contributed by atoms with Crippen molar-refractivity contribution in [3.05, 3.63) is 28.7 Å². The van der Waals surface area contributed by atoms with Crippen LogP contribution in [0, 0.1) is 0 Å². The summed E-state index contributed by atoms with van der Waals surface area (Å²) in [6.07, 6.45) is 0.177. The van der Waals surface area contributed by atoms with Crippen LogP contribution in [0.5, 0.6) is 5.75 Å². The third-order valence-corrected chi connectivity index (χ3v) is 4.37. The summed E-state index contributed by atoms with van der Waals surface area (Å²) < 4.78 is 6.39. The number of nitrogens with zero attached hydrogens (tertiary/aromatic N) is 1. The quantitative estimate of drug-likeness (QED) is 0.872. The van der Waals surface area contributed by atoms with Crippen molar-refractivity contribution in [1.82, 2.24) is 4.90 Å². The lowest BCUT2D eigenvalue weighted by Gasteiger charge is -2.20. The van der Waals surface area contributed by atoms with E-state index in [1.807, 2.05) is 18.2 Å². The molecule has 7 heteroatoms. The Hall–Kier alpha value is -1.21. The molecule has 5 nitrogen and oxygen atoms in total. The zero-order valence-corrected chi connectivity index (χ0v) is 13.0. The average Bonchev–Trinajstić information content (AvgIpc) is 2.88. The van der Waals surface area contributed by atoms with E-state index in [1.54, 1.807) is 6.07 Å². The van der Waals surface area contributed by atoms with Gasteiger partial charge in [0, 0.05) is 10.2 Å². The zero-order chi connectivity index (χ0) is 14.5. The molecule has 108 valence electrons. The Kier molecular flexibility index (Phi) is 5.31. The molecule has 1 unspecified atom stereocenters. The van der Waals surface area contributed by atoms with E-state index in [0.717, 1.165) is 4.47 Å². The van der Waals surface area contributed by atoms with Crippen molar-refractivity contribution < 1.29 is 19.4 Å². The van der Waals surface area contributed by atoms with Crippen molar-refractivity contribution >= 4 is 39.6 Å². The Balaban J connectivity index is 1.82. The molecular formula is C13H14BrNO4S.